The highest BCUT2D eigenvalue weighted by atomic mass is 19.3. The summed E-state index contributed by atoms with van der Waals surface area (Å²) in [5.41, 5.74) is 0. The molecule has 0 aliphatic carbocycles. The quantitative estimate of drug-likeness (QED) is 0.684. The summed E-state index contributed by atoms with van der Waals surface area (Å²) in [5, 5.41) is 8.02. The molecule has 0 aromatic carbocycles. The maximum absolute atomic E-state index is 12.4. The number of carboxylic acids is 1. The zero-order valence-electron chi connectivity index (χ0n) is 7.42. The van der Waals surface area contributed by atoms with E-state index in [0.29, 0.717) is 0 Å². The minimum Gasteiger partial charge on any atom is -0.477 e. The summed E-state index contributed by atoms with van der Waals surface area (Å²) >= 11 is 0. The van der Waals surface area contributed by atoms with Crippen LogP contribution in [0.1, 0.15) is 6.92 Å². The average molecular weight is 198 g/mol. The van der Waals surface area contributed by atoms with E-state index in [1.54, 1.807) is 0 Å². The van der Waals surface area contributed by atoms with Crippen LogP contribution in [-0.4, -0.2) is 43.4 Å². The molecule has 0 radical (unpaired) electrons. The Labute approximate surface area is 74.4 Å². The summed E-state index contributed by atoms with van der Waals surface area (Å²) in [7, 11) is 1.40. The SMILES string of the molecule is COCC(C)OCC(F)(F)C(=O)O. The molecule has 0 aromatic heterocycles. The van der Waals surface area contributed by atoms with E-state index in [2.05, 4.69) is 9.47 Å². The van der Waals surface area contributed by atoms with Crippen LogP contribution in [0.25, 0.3) is 0 Å². The third kappa shape index (κ3) is 4.74. The van der Waals surface area contributed by atoms with Crippen molar-refractivity contribution in [2.24, 2.45) is 0 Å². The molecular formula is C7H12F2O4. The van der Waals surface area contributed by atoms with Crippen LogP contribution in [0.2, 0.25) is 0 Å². The van der Waals surface area contributed by atoms with Crippen LogP contribution in [0.5, 0.6) is 0 Å². The molecule has 0 heterocycles. The fourth-order valence-corrected chi connectivity index (χ4v) is 0.591. The van der Waals surface area contributed by atoms with Gasteiger partial charge in [-0.2, -0.15) is 8.78 Å². The third-order valence-corrected chi connectivity index (χ3v) is 1.26. The maximum Gasteiger partial charge on any atom is 0.377 e. The molecule has 78 valence electrons. The highest BCUT2D eigenvalue weighted by molar-refractivity contribution is 5.75. The number of alkyl halides is 2. The minimum absolute atomic E-state index is 0.149. The van der Waals surface area contributed by atoms with Crippen LogP contribution >= 0.6 is 0 Å². The van der Waals surface area contributed by atoms with Crippen LogP contribution in [0.15, 0.2) is 0 Å². The lowest BCUT2D eigenvalue weighted by Gasteiger charge is -2.15. The molecule has 1 atom stereocenters. The van der Waals surface area contributed by atoms with Gasteiger partial charge in [0.05, 0.1) is 12.7 Å². The van der Waals surface area contributed by atoms with Crippen molar-refractivity contribution >= 4 is 5.97 Å². The van der Waals surface area contributed by atoms with Crippen LogP contribution < -0.4 is 0 Å². The number of carbonyl (C=O) groups is 1. The van der Waals surface area contributed by atoms with Gasteiger partial charge in [0.15, 0.2) is 0 Å². The zero-order chi connectivity index (χ0) is 10.5. The predicted octanol–water partition coefficient (Wildman–Crippen LogP) is 0.758. The van der Waals surface area contributed by atoms with E-state index >= 15 is 0 Å². The van der Waals surface area contributed by atoms with Crippen molar-refractivity contribution in [3.63, 3.8) is 0 Å². The lowest BCUT2D eigenvalue weighted by atomic mass is 10.3. The molecule has 0 amide bonds. The molecule has 1 unspecified atom stereocenters. The van der Waals surface area contributed by atoms with E-state index < -0.39 is 24.6 Å². The van der Waals surface area contributed by atoms with E-state index in [-0.39, 0.29) is 6.61 Å². The summed E-state index contributed by atoms with van der Waals surface area (Å²) in [4.78, 5) is 9.93. The van der Waals surface area contributed by atoms with Crippen LogP contribution in [0, 0.1) is 0 Å². The van der Waals surface area contributed by atoms with Crippen LogP contribution in [-0.2, 0) is 14.3 Å². The Morgan fingerprint density at radius 1 is 1.62 bits per heavy atom. The van der Waals surface area contributed by atoms with Gasteiger partial charge >= 0.3 is 11.9 Å². The molecule has 0 spiro atoms. The molecule has 6 heteroatoms. The van der Waals surface area contributed by atoms with Gasteiger partial charge in [0.25, 0.3) is 0 Å². The largest absolute Gasteiger partial charge is 0.477 e. The number of methoxy groups -OCH3 is 1. The Bertz CT molecular complexity index is 172. The van der Waals surface area contributed by atoms with E-state index in [9.17, 15) is 13.6 Å². The summed E-state index contributed by atoms with van der Waals surface area (Å²) in [6, 6.07) is 0. The first kappa shape index (κ1) is 12.2. The Balaban J connectivity index is 3.80. The van der Waals surface area contributed by atoms with Crippen molar-refractivity contribution in [1.82, 2.24) is 0 Å². The van der Waals surface area contributed by atoms with Gasteiger partial charge in [-0.15, -0.1) is 0 Å². The summed E-state index contributed by atoms with van der Waals surface area (Å²) in [6.07, 6.45) is -0.546. The topological polar surface area (TPSA) is 55.8 Å². The number of aliphatic carboxylic acids is 1. The van der Waals surface area contributed by atoms with Gasteiger partial charge in [-0.25, -0.2) is 4.79 Å². The van der Waals surface area contributed by atoms with Crippen molar-refractivity contribution in [2.45, 2.75) is 19.0 Å². The highest BCUT2D eigenvalue weighted by Gasteiger charge is 2.39. The smallest absolute Gasteiger partial charge is 0.377 e. The van der Waals surface area contributed by atoms with Gasteiger partial charge in [-0.3, -0.25) is 0 Å². The van der Waals surface area contributed by atoms with E-state index in [4.69, 9.17) is 5.11 Å². The minimum atomic E-state index is -3.83. The van der Waals surface area contributed by atoms with Crippen LogP contribution in [0.4, 0.5) is 8.78 Å². The molecule has 0 rings (SSSR count). The van der Waals surface area contributed by atoms with Gasteiger partial charge < -0.3 is 14.6 Å². The first-order valence-corrected chi connectivity index (χ1v) is 3.62. The second-order valence-corrected chi connectivity index (χ2v) is 2.59. The molecule has 4 nitrogen and oxygen atoms in total. The van der Waals surface area contributed by atoms with E-state index in [0.717, 1.165) is 0 Å². The lowest BCUT2D eigenvalue weighted by Crippen LogP contribution is -2.35. The van der Waals surface area contributed by atoms with Crippen molar-refractivity contribution in [3.8, 4) is 0 Å². The molecule has 0 saturated carbocycles. The van der Waals surface area contributed by atoms with Crippen molar-refractivity contribution < 1.29 is 28.2 Å². The lowest BCUT2D eigenvalue weighted by molar-refractivity contribution is -0.177. The average Bonchev–Trinajstić information content (AvgIpc) is 2.01. The first-order chi connectivity index (χ1) is 5.90. The number of hydrogen-bond donors (Lipinski definition) is 1. The van der Waals surface area contributed by atoms with Crippen molar-refractivity contribution in [2.75, 3.05) is 20.3 Å². The Morgan fingerprint density at radius 3 is 2.54 bits per heavy atom. The Hall–Kier alpha value is -0.750. The maximum atomic E-state index is 12.4. The second kappa shape index (κ2) is 5.08. The monoisotopic (exact) mass is 198 g/mol. The van der Waals surface area contributed by atoms with E-state index in [1.807, 2.05) is 0 Å². The Kier molecular flexibility index (Phi) is 4.79. The highest BCUT2D eigenvalue weighted by Crippen LogP contribution is 2.14. The van der Waals surface area contributed by atoms with Gasteiger partial charge in [0.1, 0.15) is 6.61 Å². The summed E-state index contributed by atoms with van der Waals surface area (Å²) in [5.74, 6) is -6.01. The van der Waals surface area contributed by atoms with Gasteiger partial charge in [-0.1, -0.05) is 0 Å². The van der Waals surface area contributed by atoms with Crippen molar-refractivity contribution in [3.05, 3.63) is 0 Å². The number of rotatable bonds is 6. The summed E-state index contributed by atoms with van der Waals surface area (Å²) < 4.78 is 33.9. The standard InChI is InChI=1S/C7H12F2O4/c1-5(3-12-2)13-4-7(8,9)6(10)11/h5H,3-4H2,1-2H3,(H,10,11). The number of hydrogen-bond acceptors (Lipinski definition) is 3. The fraction of sp³-hybridized carbons (Fsp3) is 0.857. The molecule has 0 saturated heterocycles. The number of halogens is 2. The predicted molar refractivity (Wildman–Crippen MR) is 39.9 cm³/mol. The van der Waals surface area contributed by atoms with E-state index in [1.165, 1.54) is 14.0 Å². The second-order valence-electron chi connectivity index (χ2n) is 2.59. The van der Waals surface area contributed by atoms with Gasteiger partial charge in [-0.05, 0) is 6.92 Å². The molecule has 0 fully saturated rings. The fourth-order valence-electron chi connectivity index (χ4n) is 0.591. The normalized spacial score (nSPS) is 14.2. The first-order valence-electron chi connectivity index (χ1n) is 3.62. The van der Waals surface area contributed by atoms with Gasteiger partial charge in [0.2, 0.25) is 0 Å². The zero-order valence-corrected chi connectivity index (χ0v) is 7.42. The molecule has 0 aromatic rings. The Morgan fingerprint density at radius 2 is 2.15 bits per heavy atom. The molecule has 0 aliphatic heterocycles. The molecule has 1 N–H and O–H groups in total. The van der Waals surface area contributed by atoms with Crippen molar-refractivity contribution in [1.29, 1.82) is 0 Å². The molecule has 13 heavy (non-hydrogen) atoms. The van der Waals surface area contributed by atoms with Gasteiger partial charge in [0, 0.05) is 7.11 Å². The number of ether oxygens (including phenoxy) is 2. The molecule has 0 bridgehead atoms. The third-order valence-electron chi connectivity index (χ3n) is 1.26. The molecule has 0 aliphatic rings. The number of carboxylic acid groups (broad SMARTS) is 1. The summed E-state index contributed by atoms with van der Waals surface area (Å²) in [6.45, 7) is 0.532. The molecular weight excluding hydrogens is 186 g/mol. The van der Waals surface area contributed by atoms with Crippen LogP contribution in [0.3, 0.4) is 0 Å².